The Bertz CT molecular complexity index is 603. The van der Waals surface area contributed by atoms with E-state index in [1.54, 1.807) is 7.11 Å². The Morgan fingerprint density at radius 1 is 1.05 bits per heavy atom. The molecule has 0 amide bonds. The van der Waals surface area contributed by atoms with Crippen LogP contribution in [0.5, 0.6) is 5.75 Å². The minimum absolute atomic E-state index is 0.736. The van der Waals surface area contributed by atoms with Crippen LogP contribution in [0.1, 0.15) is 16.7 Å². The van der Waals surface area contributed by atoms with Crippen LogP contribution in [-0.4, -0.2) is 7.11 Å². The lowest BCUT2D eigenvalue weighted by atomic mass is 10.1. The second-order valence-electron chi connectivity index (χ2n) is 4.75. The predicted octanol–water partition coefficient (Wildman–Crippen LogP) is 5.45. The van der Waals surface area contributed by atoms with Crippen molar-refractivity contribution in [3.8, 4) is 5.75 Å². The highest BCUT2D eigenvalue weighted by atomic mass is 79.9. The number of hydrogen-bond donors (Lipinski definition) is 1. The Kier molecular flexibility index (Phi) is 5.11. The fraction of sp³-hybridized carbons (Fsp3) is 0.250. The number of hydrogen-bond acceptors (Lipinski definition) is 2. The minimum atomic E-state index is 0.736. The molecule has 0 spiro atoms. The predicted molar refractivity (Wildman–Crippen MR) is 91.6 cm³/mol. The highest BCUT2D eigenvalue weighted by Crippen LogP contribution is 2.29. The molecule has 0 aliphatic heterocycles. The molecule has 0 saturated carbocycles. The summed E-state index contributed by atoms with van der Waals surface area (Å²) < 4.78 is 7.43. The van der Waals surface area contributed by atoms with E-state index in [-0.39, 0.29) is 0 Å². The van der Waals surface area contributed by atoms with Gasteiger partial charge in [0.15, 0.2) is 0 Å². The molecule has 0 aliphatic rings. The van der Waals surface area contributed by atoms with Crippen LogP contribution < -0.4 is 10.1 Å². The van der Waals surface area contributed by atoms with Crippen LogP contribution in [0.25, 0.3) is 0 Å². The van der Waals surface area contributed by atoms with Crippen molar-refractivity contribution >= 4 is 37.5 Å². The largest absolute Gasteiger partial charge is 0.497 e. The van der Waals surface area contributed by atoms with Gasteiger partial charge in [-0.3, -0.25) is 0 Å². The molecule has 2 aromatic rings. The maximum atomic E-state index is 5.27. The third-order valence-electron chi connectivity index (χ3n) is 3.14. The molecule has 0 unspecified atom stereocenters. The highest BCUT2D eigenvalue weighted by Gasteiger charge is 2.07. The van der Waals surface area contributed by atoms with Gasteiger partial charge in [0, 0.05) is 15.5 Å². The summed E-state index contributed by atoms with van der Waals surface area (Å²) in [6.07, 6.45) is 0. The summed E-state index contributed by atoms with van der Waals surface area (Å²) in [5.41, 5.74) is 4.78. The van der Waals surface area contributed by atoms with Gasteiger partial charge in [0.1, 0.15) is 5.75 Å². The molecule has 0 atom stereocenters. The van der Waals surface area contributed by atoms with Crippen molar-refractivity contribution in [2.24, 2.45) is 0 Å². The fourth-order valence-corrected chi connectivity index (χ4v) is 3.34. The Morgan fingerprint density at radius 3 is 2.45 bits per heavy atom. The van der Waals surface area contributed by atoms with Crippen LogP contribution >= 0.6 is 31.9 Å². The molecular formula is C16H17Br2NO. The van der Waals surface area contributed by atoms with Crippen LogP contribution in [0.4, 0.5) is 5.69 Å². The Hall–Kier alpha value is -1.00. The van der Waals surface area contributed by atoms with Gasteiger partial charge in [0.05, 0.1) is 12.8 Å². The Balaban J connectivity index is 2.21. The first kappa shape index (κ1) is 15.4. The summed E-state index contributed by atoms with van der Waals surface area (Å²) in [6, 6.07) is 10.3. The van der Waals surface area contributed by atoms with Crippen molar-refractivity contribution < 1.29 is 4.74 Å². The summed E-state index contributed by atoms with van der Waals surface area (Å²) in [4.78, 5) is 0. The van der Waals surface area contributed by atoms with Gasteiger partial charge in [-0.05, 0) is 70.7 Å². The summed E-state index contributed by atoms with van der Waals surface area (Å²) in [6.45, 7) is 4.95. The molecule has 2 aromatic carbocycles. The zero-order chi connectivity index (χ0) is 14.7. The van der Waals surface area contributed by atoms with E-state index in [4.69, 9.17) is 4.74 Å². The van der Waals surface area contributed by atoms with Gasteiger partial charge in [0.2, 0.25) is 0 Å². The minimum Gasteiger partial charge on any atom is -0.497 e. The highest BCUT2D eigenvalue weighted by molar-refractivity contribution is 9.11. The lowest BCUT2D eigenvalue weighted by Gasteiger charge is -2.14. The maximum Gasteiger partial charge on any atom is 0.119 e. The summed E-state index contributed by atoms with van der Waals surface area (Å²) in [5, 5.41) is 3.48. The number of anilines is 1. The van der Waals surface area contributed by atoms with E-state index in [0.29, 0.717) is 0 Å². The van der Waals surface area contributed by atoms with Crippen molar-refractivity contribution in [1.82, 2.24) is 0 Å². The molecule has 20 heavy (non-hydrogen) atoms. The number of ether oxygens (including phenoxy) is 1. The molecule has 0 bridgehead atoms. The maximum absolute atomic E-state index is 5.27. The number of nitrogens with one attached hydrogen (secondary N) is 1. The molecule has 0 radical (unpaired) electrons. The van der Waals surface area contributed by atoms with Crippen LogP contribution in [0, 0.1) is 13.8 Å². The number of aryl methyl sites for hydroxylation is 2. The molecule has 0 fully saturated rings. The van der Waals surface area contributed by atoms with Crippen LogP contribution in [0.2, 0.25) is 0 Å². The van der Waals surface area contributed by atoms with Crippen molar-refractivity contribution in [3.63, 3.8) is 0 Å². The Labute approximate surface area is 136 Å². The van der Waals surface area contributed by atoms with Crippen molar-refractivity contribution in [1.29, 1.82) is 0 Å². The summed E-state index contributed by atoms with van der Waals surface area (Å²) in [5.74, 6) is 0.865. The van der Waals surface area contributed by atoms with E-state index in [9.17, 15) is 0 Å². The number of benzene rings is 2. The van der Waals surface area contributed by atoms with E-state index in [0.717, 1.165) is 32.5 Å². The molecule has 2 rings (SSSR count). The van der Waals surface area contributed by atoms with Crippen LogP contribution in [0.3, 0.4) is 0 Å². The van der Waals surface area contributed by atoms with E-state index in [1.807, 2.05) is 18.2 Å². The van der Waals surface area contributed by atoms with Gasteiger partial charge in [0.25, 0.3) is 0 Å². The molecule has 1 N–H and O–H groups in total. The number of halogens is 2. The van der Waals surface area contributed by atoms with Gasteiger partial charge >= 0.3 is 0 Å². The monoisotopic (exact) mass is 397 g/mol. The molecule has 4 heteroatoms. The average Bonchev–Trinajstić information content (AvgIpc) is 2.39. The second kappa shape index (κ2) is 6.64. The molecular weight excluding hydrogens is 382 g/mol. The quantitative estimate of drug-likeness (QED) is 0.739. The molecule has 0 heterocycles. The third-order valence-corrected chi connectivity index (χ3v) is 4.54. The lowest BCUT2D eigenvalue weighted by molar-refractivity contribution is 0.414. The molecule has 0 aliphatic carbocycles. The van der Waals surface area contributed by atoms with Gasteiger partial charge < -0.3 is 10.1 Å². The standard InChI is InChI=1S/C16H17Br2NO/c1-10-6-11(2)16(15(18)7-10)19-9-12-8-13(20-3)4-5-14(12)17/h4-8,19H,9H2,1-3H3. The van der Waals surface area contributed by atoms with Gasteiger partial charge in [-0.25, -0.2) is 0 Å². The third kappa shape index (κ3) is 3.55. The zero-order valence-electron chi connectivity index (χ0n) is 11.8. The first-order valence-electron chi connectivity index (χ1n) is 6.34. The summed E-state index contributed by atoms with van der Waals surface area (Å²) in [7, 11) is 1.68. The molecule has 0 saturated heterocycles. The first-order valence-corrected chi connectivity index (χ1v) is 7.93. The van der Waals surface area contributed by atoms with Gasteiger partial charge in [-0.15, -0.1) is 0 Å². The number of rotatable bonds is 4. The normalized spacial score (nSPS) is 10.4. The van der Waals surface area contributed by atoms with Gasteiger partial charge in [-0.1, -0.05) is 22.0 Å². The topological polar surface area (TPSA) is 21.3 Å². The SMILES string of the molecule is COc1ccc(Br)c(CNc2c(C)cc(C)cc2Br)c1. The average molecular weight is 399 g/mol. The molecule has 0 aromatic heterocycles. The van der Waals surface area contributed by atoms with Crippen molar-refractivity contribution in [3.05, 3.63) is 56.0 Å². The van der Waals surface area contributed by atoms with E-state index >= 15 is 0 Å². The van der Waals surface area contributed by atoms with E-state index in [2.05, 4.69) is 63.2 Å². The van der Waals surface area contributed by atoms with E-state index < -0.39 is 0 Å². The van der Waals surface area contributed by atoms with Crippen molar-refractivity contribution in [2.45, 2.75) is 20.4 Å². The zero-order valence-corrected chi connectivity index (χ0v) is 14.9. The van der Waals surface area contributed by atoms with E-state index in [1.165, 1.54) is 11.1 Å². The summed E-state index contributed by atoms with van der Waals surface area (Å²) >= 11 is 7.19. The van der Waals surface area contributed by atoms with Crippen LogP contribution in [0.15, 0.2) is 39.3 Å². The first-order chi connectivity index (χ1) is 9.51. The second-order valence-corrected chi connectivity index (χ2v) is 6.46. The molecule has 2 nitrogen and oxygen atoms in total. The Morgan fingerprint density at radius 2 is 1.80 bits per heavy atom. The fourth-order valence-electron chi connectivity index (χ4n) is 2.14. The molecule has 106 valence electrons. The smallest absolute Gasteiger partial charge is 0.119 e. The number of methoxy groups -OCH3 is 1. The lowest BCUT2D eigenvalue weighted by Crippen LogP contribution is -2.03. The van der Waals surface area contributed by atoms with Gasteiger partial charge in [-0.2, -0.15) is 0 Å². The van der Waals surface area contributed by atoms with Crippen LogP contribution in [-0.2, 0) is 6.54 Å². The van der Waals surface area contributed by atoms with Crippen molar-refractivity contribution in [2.75, 3.05) is 12.4 Å².